The van der Waals surface area contributed by atoms with Crippen molar-refractivity contribution in [2.24, 2.45) is 23.2 Å². The van der Waals surface area contributed by atoms with Crippen LogP contribution in [0, 0.1) is 37.0 Å². The standard InChI is InChI=1S/C26H30N6O/c1-16-12-28-25(30-23(16)21-4-3-5-27-13-21)32-14-22(17(2)31-32)24(33)29-15-26-9-18-6-19(10-26)8-20(7-18)11-26/h3-5,12-14,18-20H,6-11,15H2,1-2H3,(H,29,33). The fraction of sp³-hybridized carbons (Fsp3) is 0.500. The topological polar surface area (TPSA) is 85.6 Å². The van der Waals surface area contributed by atoms with Crippen LogP contribution in [-0.2, 0) is 0 Å². The largest absolute Gasteiger partial charge is 0.351 e. The van der Waals surface area contributed by atoms with Gasteiger partial charge in [0.2, 0.25) is 0 Å². The molecule has 7 nitrogen and oxygen atoms in total. The van der Waals surface area contributed by atoms with E-state index >= 15 is 0 Å². The van der Waals surface area contributed by atoms with Crippen molar-refractivity contribution < 1.29 is 4.79 Å². The molecule has 4 bridgehead atoms. The monoisotopic (exact) mass is 442 g/mol. The van der Waals surface area contributed by atoms with E-state index in [1.165, 1.54) is 38.5 Å². The van der Waals surface area contributed by atoms with E-state index in [9.17, 15) is 4.79 Å². The van der Waals surface area contributed by atoms with Crippen LogP contribution in [0.2, 0.25) is 0 Å². The van der Waals surface area contributed by atoms with E-state index in [1.54, 1.807) is 29.5 Å². The van der Waals surface area contributed by atoms with Crippen LogP contribution in [0.5, 0.6) is 0 Å². The van der Waals surface area contributed by atoms with Crippen molar-refractivity contribution in [3.63, 3.8) is 0 Å². The molecule has 4 saturated carbocycles. The summed E-state index contributed by atoms with van der Waals surface area (Å²) in [5.74, 6) is 3.04. The van der Waals surface area contributed by atoms with Gasteiger partial charge in [-0.2, -0.15) is 5.10 Å². The van der Waals surface area contributed by atoms with Crippen molar-refractivity contribution in [1.29, 1.82) is 0 Å². The molecule has 7 heteroatoms. The average molecular weight is 443 g/mol. The number of nitrogens with one attached hydrogen (secondary N) is 1. The molecule has 0 aromatic carbocycles. The van der Waals surface area contributed by atoms with Crippen LogP contribution in [-0.4, -0.2) is 37.2 Å². The minimum atomic E-state index is -0.0471. The molecule has 4 aliphatic carbocycles. The van der Waals surface area contributed by atoms with Gasteiger partial charge in [0.15, 0.2) is 0 Å². The van der Waals surface area contributed by atoms with Crippen molar-refractivity contribution >= 4 is 5.91 Å². The van der Waals surface area contributed by atoms with Gasteiger partial charge >= 0.3 is 0 Å². The van der Waals surface area contributed by atoms with Crippen LogP contribution in [0.3, 0.4) is 0 Å². The van der Waals surface area contributed by atoms with Crippen molar-refractivity contribution in [3.05, 3.63) is 53.7 Å². The van der Waals surface area contributed by atoms with E-state index in [0.717, 1.165) is 41.1 Å². The number of aryl methyl sites for hydroxylation is 2. The molecule has 0 unspecified atom stereocenters. The number of rotatable bonds is 5. The second kappa shape index (κ2) is 7.75. The lowest BCUT2D eigenvalue weighted by atomic mass is 9.49. The van der Waals surface area contributed by atoms with Gasteiger partial charge in [-0.25, -0.2) is 14.6 Å². The fourth-order valence-electron chi connectivity index (χ4n) is 6.99. The number of pyridine rings is 1. The number of nitrogens with zero attached hydrogens (tertiary/aromatic N) is 5. The van der Waals surface area contributed by atoms with E-state index in [2.05, 4.69) is 20.4 Å². The van der Waals surface area contributed by atoms with Gasteiger partial charge in [0, 0.05) is 36.9 Å². The summed E-state index contributed by atoms with van der Waals surface area (Å²) in [6.45, 7) is 4.63. The molecule has 4 aliphatic rings. The summed E-state index contributed by atoms with van der Waals surface area (Å²) >= 11 is 0. The van der Waals surface area contributed by atoms with Gasteiger partial charge in [-0.05, 0) is 93.2 Å². The Morgan fingerprint density at radius 2 is 1.85 bits per heavy atom. The Balaban J connectivity index is 1.21. The Labute approximate surface area is 194 Å². The maximum absolute atomic E-state index is 13.1. The third-order valence-electron chi connectivity index (χ3n) is 8.03. The number of amides is 1. The first-order valence-corrected chi connectivity index (χ1v) is 12.1. The van der Waals surface area contributed by atoms with Gasteiger partial charge in [0.25, 0.3) is 11.9 Å². The molecule has 0 atom stereocenters. The predicted octanol–water partition coefficient (Wildman–Crippen LogP) is 4.29. The molecule has 33 heavy (non-hydrogen) atoms. The van der Waals surface area contributed by atoms with Crippen molar-refractivity contribution in [2.75, 3.05) is 6.54 Å². The van der Waals surface area contributed by atoms with E-state index in [-0.39, 0.29) is 5.91 Å². The number of hydrogen-bond acceptors (Lipinski definition) is 5. The molecular formula is C26H30N6O. The fourth-order valence-corrected chi connectivity index (χ4v) is 6.99. The molecule has 4 fully saturated rings. The van der Waals surface area contributed by atoms with E-state index in [1.807, 2.05) is 26.0 Å². The maximum atomic E-state index is 13.1. The minimum absolute atomic E-state index is 0.0471. The summed E-state index contributed by atoms with van der Waals surface area (Å²) in [6.07, 6.45) is 15.2. The Kier molecular flexibility index (Phi) is 4.82. The third kappa shape index (κ3) is 3.73. The molecule has 3 aromatic rings. The second-order valence-corrected chi connectivity index (χ2v) is 10.6. The lowest BCUT2D eigenvalue weighted by molar-refractivity contribution is -0.0503. The molecular weight excluding hydrogens is 412 g/mol. The number of carbonyl (C=O) groups excluding carboxylic acids is 1. The SMILES string of the molecule is Cc1cnc(-n2cc(C(=O)NCC34CC5CC(CC(C5)C3)C4)c(C)n2)nc1-c1cccnc1. The molecule has 1 N–H and O–H groups in total. The third-order valence-corrected chi connectivity index (χ3v) is 8.03. The predicted molar refractivity (Wildman–Crippen MR) is 125 cm³/mol. The van der Waals surface area contributed by atoms with Gasteiger partial charge < -0.3 is 5.32 Å². The molecule has 0 spiro atoms. The van der Waals surface area contributed by atoms with Gasteiger partial charge in [0.05, 0.1) is 17.0 Å². The highest BCUT2D eigenvalue weighted by atomic mass is 16.1. The normalized spacial score (nSPS) is 27.6. The first-order valence-electron chi connectivity index (χ1n) is 12.1. The summed E-state index contributed by atoms with van der Waals surface area (Å²) < 4.78 is 1.61. The Bertz CT molecular complexity index is 1170. The zero-order valence-electron chi connectivity index (χ0n) is 19.3. The Morgan fingerprint density at radius 1 is 1.12 bits per heavy atom. The molecule has 1 amide bonds. The quantitative estimate of drug-likeness (QED) is 0.637. The average Bonchev–Trinajstić information content (AvgIpc) is 3.19. The van der Waals surface area contributed by atoms with E-state index < -0.39 is 0 Å². The molecule has 7 rings (SSSR count). The molecule has 3 aromatic heterocycles. The molecule has 0 saturated heterocycles. The second-order valence-electron chi connectivity index (χ2n) is 10.6. The first kappa shape index (κ1) is 20.5. The molecule has 3 heterocycles. The van der Waals surface area contributed by atoms with Crippen LogP contribution in [0.1, 0.15) is 60.1 Å². The van der Waals surface area contributed by atoms with Crippen molar-refractivity contribution in [3.8, 4) is 17.2 Å². The van der Waals surface area contributed by atoms with Gasteiger partial charge in [-0.3, -0.25) is 9.78 Å². The molecule has 0 radical (unpaired) electrons. The van der Waals surface area contributed by atoms with Crippen LogP contribution in [0.15, 0.2) is 36.9 Å². The van der Waals surface area contributed by atoms with Gasteiger partial charge in [0.1, 0.15) is 0 Å². The summed E-state index contributed by atoms with van der Waals surface area (Å²) in [7, 11) is 0. The van der Waals surface area contributed by atoms with Crippen LogP contribution in [0.4, 0.5) is 0 Å². The highest BCUT2D eigenvalue weighted by molar-refractivity contribution is 5.95. The Morgan fingerprint density at radius 3 is 2.52 bits per heavy atom. The Hall–Kier alpha value is -3.09. The number of carbonyl (C=O) groups is 1. The molecule has 170 valence electrons. The molecule has 0 aliphatic heterocycles. The lowest BCUT2D eigenvalue weighted by Crippen LogP contribution is -2.51. The zero-order valence-corrected chi connectivity index (χ0v) is 19.3. The van der Waals surface area contributed by atoms with Gasteiger partial charge in [-0.15, -0.1) is 0 Å². The van der Waals surface area contributed by atoms with Crippen LogP contribution >= 0.6 is 0 Å². The summed E-state index contributed by atoms with van der Waals surface area (Å²) in [4.78, 5) is 26.5. The zero-order chi connectivity index (χ0) is 22.6. The van der Waals surface area contributed by atoms with Crippen LogP contribution < -0.4 is 5.32 Å². The number of aromatic nitrogens is 5. The lowest BCUT2D eigenvalue weighted by Gasteiger charge is -2.56. The highest BCUT2D eigenvalue weighted by Gasteiger charge is 2.50. The smallest absolute Gasteiger partial charge is 0.254 e. The van der Waals surface area contributed by atoms with E-state index in [4.69, 9.17) is 4.98 Å². The number of hydrogen-bond donors (Lipinski definition) is 1. The summed E-state index contributed by atoms with van der Waals surface area (Å²) in [5, 5.41) is 7.82. The highest BCUT2D eigenvalue weighted by Crippen LogP contribution is 2.59. The minimum Gasteiger partial charge on any atom is -0.351 e. The summed E-state index contributed by atoms with van der Waals surface area (Å²) in [6, 6.07) is 3.87. The summed E-state index contributed by atoms with van der Waals surface area (Å²) in [5.41, 5.74) is 4.29. The van der Waals surface area contributed by atoms with Crippen molar-refractivity contribution in [1.82, 2.24) is 30.0 Å². The van der Waals surface area contributed by atoms with Crippen molar-refractivity contribution in [2.45, 2.75) is 52.4 Å². The maximum Gasteiger partial charge on any atom is 0.254 e. The van der Waals surface area contributed by atoms with Gasteiger partial charge in [-0.1, -0.05) is 0 Å². The first-order chi connectivity index (χ1) is 16.0. The van der Waals surface area contributed by atoms with E-state index in [0.29, 0.717) is 22.6 Å². The van der Waals surface area contributed by atoms with Crippen LogP contribution in [0.25, 0.3) is 17.2 Å².